The number of aromatic nitrogens is 1. The summed E-state index contributed by atoms with van der Waals surface area (Å²) in [7, 11) is 1.31. The molecular weight excluding hydrogens is 235 g/mol. The maximum atomic E-state index is 12.4. The van der Waals surface area contributed by atoms with Crippen molar-refractivity contribution in [2.75, 3.05) is 7.11 Å². The van der Waals surface area contributed by atoms with Crippen molar-refractivity contribution in [3.63, 3.8) is 0 Å². The molecule has 0 saturated heterocycles. The highest BCUT2D eigenvalue weighted by atomic mass is 35.5. The fourth-order valence-electron chi connectivity index (χ4n) is 0.962. The van der Waals surface area contributed by atoms with Gasteiger partial charge >= 0.3 is 0 Å². The highest BCUT2D eigenvalue weighted by Gasteiger charge is 2.17. The molecule has 78 valence electrons. The van der Waals surface area contributed by atoms with Crippen molar-refractivity contribution in [2.24, 2.45) is 0 Å². The Morgan fingerprint density at radius 3 is 2.64 bits per heavy atom. The lowest BCUT2D eigenvalue weighted by Crippen LogP contribution is -2.00. The summed E-state index contributed by atoms with van der Waals surface area (Å²) >= 11 is 11.2. The number of nitrogens with zero attached hydrogens (tertiary/aromatic N) is 1. The van der Waals surface area contributed by atoms with E-state index in [-0.39, 0.29) is 28.0 Å². The van der Waals surface area contributed by atoms with E-state index in [4.69, 9.17) is 27.9 Å². The highest BCUT2D eigenvalue weighted by Crippen LogP contribution is 2.30. The zero-order valence-electron chi connectivity index (χ0n) is 7.23. The SMILES string of the molecule is COc1nc(C(F)F)c(CCl)cc1Cl. The summed E-state index contributed by atoms with van der Waals surface area (Å²) in [5.41, 5.74) is -0.172. The van der Waals surface area contributed by atoms with Crippen LogP contribution in [0.3, 0.4) is 0 Å². The monoisotopic (exact) mass is 241 g/mol. The van der Waals surface area contributed by atoms with Crippen LogP contribution >= 0.6 is 23.2 Å². The molecule has 0 saturated carbocycles. The molecule has 2 nitrogen and oxygen atoms in total. The predicted molar refractivity (Wildman–Crippen MR) is 50.3 cm³/mol. The van der Waals surface area contributed by atoms with Gasteiger partial charge in [-0.05, 0) is 11.6 Å². The van der Waals surface area contributed by atoms with E-state index >= 15 is 0 Å². The van der Waals surface area contributed by atoms with Gasteiger partial charge in [-0.2, -0.15) is 0 Å². The van der Waals surface area contributed by atoms with Crippen molar-refractivity contribution in [1.29, 1.82) is 0 Å². The second-order valence-electron chi connectivity index (χ2n) is 2.46. The van der Waals surface area contributed by atoms with E-state index in [1.807, 2.05) is 0 Å². The molecular formula is C8H7Cl2F2NO. The van der Waals surface area contributed by atoms with Gasteiger partial charge in [-0.1, -0.05) is 11.6 Å². The van der Waals surface area contributed by atoms with Crippen LogP contribution in [0.15, 0.2) is 6.07 Å². The maximum absolute atomic E-state index is 12.4. The van der Waals surface area contributed by atoms with Crippen molar-refractivity contribution in [3.8, 4) is 5.88 Å². The van der Waals surface area contributed by atoms with Crippen molar-refractivity contribution < 1.29 is 13.5 Å². The molecule has 1 rings (SSSR count). The molecule has 0 fully saturated rings. The van der Waals surface area contributed by atoms with Crippen molar-refractivity contribution in [3.05, 3.63) is 22.3 Å². The molecule has 0 aromatic carbocycles. The molecule has 6 heteroatoms. The minimum Gasteiger partial charge on any atom is -0.480 e. The fraction of sp³-hybridized carbons (Fsp3) is 0.375. The van der Waals surface area contributed by atoms with Crippen LogP contribution in [0.4, 0.5) is 8.78 Å². The van der Waals surface area contributed by atoms with Crippen molar-refractivity contribution >= 4 is 23.2 Å². The first-order valence-electron chi connectivity index (χ1n) is 3.67. The molecule has 0 N–H and O–H groups in total. The number of ether oxygens (including phenoxy) is 1. The summed E-state index contributed by atoms with van der Waals surface area (Å²) in [5.74, 6) is -0.0769. The average Bonchev–Trinajstić information content (AvgIpc) is 2.16. The van der Waals surface area contributed by atoms with Crippen LogP contribution in [0.25, 0.3) is 0 Å². The zero-order chi connectivity index (χ0) is 10.7. The van der Waals surface area contributed by atoms with Gasteiger partial charge < -0.3 is 4.74 Å². The summed E-state index contributed by atoms with van der Waals surface area (Å²) in [6.45, 7) is 0. The van der Waals surface area contributed by atoms with E-state index in [1.165, 1.54) is 13.2 Å². The Morgan fingerprint density at radius 1 is 1.57 bits per heavy atom. The van der Waals surface area contributed by atoms with Gasteiger partial charge in [0.15, 0.2) is 0 Å². The van der Waals surface area contributed by atoms with Crippen LogP contribution in [0, 0.1) is 0 Å². The molecule has 0 aliphatic rings. The highest BCUT2D eigenvalue weighted by molar-refractivity contribution is 6.32. The van der Waals surface area contributed by atoms with E-state index in [0.29, 0.717) is 0 Å². The van der Waals surface area contributed by atoms with Gasteiger partial charge in [0, 0.05) is 5.88 Å². The molecule has 0 spiro atoms. The maximum Gasteiger partial charge on any atom is 0.280 e. The number of methoxy groups -OCH3 is 1. The Morgan fingerprint density at radius 2 is 2.21 bits per heavy atom. The molecule has 1 heterocycles. The second kappa shape index (κ2) is 4.75. The van der Waals surface area contributed by atoms with Gasteiger partial charge in [0.2, 0.25) is 5.88 Å². The van der Waals surface area contributed by atoms with Gasteiger partial charge in [-0.15, -0.1) is 11.6 Å². The normalized spacial score (nSPS) is 10.7. The van der Waals surface area contributed by atoms with Crippen molar-refractivity contribution in [1.82, 2.24) is 4.98 Å². The molecule has 1 aromatic heterocycles. The largest absolute Gasteiger partial charge is 0.480 e. The number of pyridine rings is 1. The summed E-state index contributed by atoms with van der Waals surface area (Å²) < 4.78 is 29.6. The van der Waals surface area contributed by atoms with Crippen LogP contribution in [-0.4, -0.2) is 12.1 Å². The molecule has 0 amide bonds. The van der Waals surface area contributed by atoms with Crippen molar-refractivity contribution in [2.45, 2.75) is 12.3 Å². The third-order valence-electron chi connectivity index (χ3n) is 1.60. The molecule has 0 aliphatic heterocycles. The van der Waals surface area contributed by atoms with Gasteiger partial charge in [0.05, 0.1) is 7.11 Å². The Hall–Kier alpha value is -0.610. The lowest BCUT2D eigenvalue weighted by Gasteiger charge is -2.08. The first-order chi connectivity index (χ1) is 6.60. The summed E-state index contributed by atoms with van der Waals surface area (Å²) in [4.78, 5) is 3.57. The standard InChI is InChI=1S/C8H7Cl2F2NO/c1-14-8-5(10)2-4(3-9)6(13-8)7(11)12/h2,7H,3H2,1H3. The smallest absolute Gasteiger partial charge is 0.280 e. The van der Waals surface area contributed by atoms with E-state index < -0.39 is 6.43 Å². The summed E-state index contributed by atoms with van der Waals surface area (Å²) in [6.07, 6.45) is -2.69. The zero-order valence-corrected chi connectivity index (χ0v) is 8.74. The molecule has 0 aliphatic carbocycles. The molecule has 0 atom stereocenters. The Labute approximate surface area is 89.8 Å². The van der Waals surface area contributed by atoms with Crippen LogP contribution in [0.5, 0.6) is 5.88 Å². The van der Waals surface area contributed by atoms with Crippen LogP contribution < -0.4 is 4.74 Å². The van der Waals surface area contributed by atoms with Gasteiger partial charge in [0.25, 0.3) is 6.43 Å². The number of hydrogen-bond acceptors (Lipinski definition) is 2. The van der Waals surface area contributed by atoms with Gasteiger partial charge in [-0.25, -0.2) is 13.8 Å². The summed E-state index contributed by atoms with van der Waals surface area (Å²) in [5, 5.41) is 0.174. The minimum atomic E-state index is -2.69. The Balaban J connectivity index is 3.25. The molecule has 0 bridgehead atoms. The number of rotatable bonds is 3. The second-order valence-corrected chi connectivity index (χ2v) is 3.13. The first-order valence-corrected chi connectivity index (χ1v) is 4.58. The fourth-order valence-corrected chi connectivity index (χ4v) is 1.43. The molecule has 14 heavy (non-hydrogen) atoms. The lowest BCUT2D eigenvalue weighted by atomic mass is 10.2. The topological polar surface area (TPSA) is 22.1 Å². The van der Waals surface area contributed by atoms with E-state index in [2.05, 4.69) is 4.98 Å². The van der Waals surface area contributed by atoms with E-state index in [1.54, 1.807) is 0 Å². The third kappa shape index (κ3) is 2.25. The van der Waals surface area contributed by atoms with Crippen LogP contribution in [0.1, 0.15) is 17.7 Å². The molecule has 0 unspecified atom stereocenters. The number of hydrogen-bond donors (Lipinski definition) is 0. The average molecular weight is 242 g/mol. The molecule has 0 radical (unpaired) electrons. The Bertz CT molecular complexity index is 333. The van der Waals surface area contributed by atoms with Crippen LogP contribution in [-0.2, 0) is 5.88 Å². The number of alkyl halides is 3. The Kier molecular flexibility index (Phi) is 3.89. The minimum absolute atomic E-state index is 0.0177. The first kappa shape index (κ1) is 11.5. The lowest BCUT2D eigenvalue weighted by molar-refractivity contribution is 0.144. The van der Waals surface area contributed by atoms with E-state index in [0.717, 1.165) is 0 Å². The molecule has 1 aromatic rings. The van der Waals surface area contributed by atoms with Crippen LogP contribution in [0.2, 0.25) is 5.02 Å². The van der Waals surface area contributed by atoms with Gasteiger partial charge in [0.1, 0.15) is 10.7 Å². The van der Waals surface area contributed by atoms with Gasteiger partial charge in [-0.3, -0.25) is 0 Å². The predicted octanol–water partition coefficient (Wildman–Crippen LogP) is 3.42. The quantitative estimate of drug-likeness (QED) is 0.757. The van der Waals surface area contributed by atoms with E-state index in [9.17, 15) is 8.78 Å². The number of halogens is 4. The summed E-state index contributed by atoms with van der Waals surface area (Å²) in [6, 6.07) is 1.34. The third-order valence-corrected chi connectivity index (χ3v) is 2.16.